The van der Waals surface area contributed by atoms with Crippen molar-refractivity contribution in [3.8, 4) is 5.69 Å². The van der Waals surface area contributed by atoms with Crippen LogP contribution in [0.5, 0.6) is 0 Å². The molecule has 0 spiro atoms. The predicted molar refractivity (Wildman–Crippen MR) is 88.7 cm³/mol. The molecule has 3 N–H and O–H groups in total. The number of rotatable bonds is 3. The van der Waals surface area contributed by atoms with Gasteiger partial charge in [-0.1, -0.05) is 18.2 Å². The minimum atomic E-state index is -0.233. The molecule has 6 heteroatoms. The van der Waals surface area contributed by atoms with Gasteiger partial charge in [0.05, 0.1) is 17.5 Å². The maximum atomic E-state index is 12.2. The molecule has 1 aliphatic carbocycles. The smallest absolute Gasteiger partial charge is 0.320 e. The first-order valence-electron chi connectivity index (χ1n) is 7.99. The normalized spacial score (nSPS) is 21.0. The Hall–Kier alpha value is -2.34. The third-order valence-electron chi connectivity index (χ3n) is 4.11. The second kappa shape index (κ2) is 6.83. The highest BCUT2D eigenvalue weighted by Crippen LogP contribution is 2.19. The average Bonchev–Trinajstić information content (AvgIpc) is 2.91. The number of hydrogen-bond donors (Lipinski definition) is 3. The zero-order valence-corrected chi connectivity index (χ0v) is 13.2. The molecule has 23 heavy (non-hydrogen) atoms. The standard InChI is InChI=1S/C17H22N4O2/c1-12-11-16(21(20-12)14-5-3-2-4-6-14)19-17(23)18-13-7-9-15(22)10-8-13/h2-6,11,13,15,22H,7-10H2,1H3,(H2,18,19,23). The number of aryl methyl sites for hydroxylation is 1. The van der Waals surface area contributed by atoms with E-state index in [1.165, 1.54) is 0 Å². The van der Waals surface area contributed by atoms with Crippen LogP contribution in [0, 0.1) is 6.92 Å². The van der Waals surface area contributed by atoms with Crippen LogP contribution in [-0.4, -0.2) is 33.1 Å². The molecule has 122 valence electrons. The lowest BCUT2D eigenvalue weighted by Gasteiger charge is -2.26. The van der Waals surface area contributed by atoms with Gasteiger partial charge in [-0.05, 0) is 44.7 Å². The minimum absolute atomic E-state index is 0.118. The number of benzene rings is 1. The number of amides is 2. The number of carbonyl (C=O) groups is 1. The minimum Gasteiger partial charge on any atom is -0.393 e. The monoisotopic (exact) mass is 314 g/mol. The Kier molecular flexibility index (Phi) is 4.62. The second-order valence-corrected chi connectivity index (χ2v) is 6.02. The third-order valence-corrected chi connectivity index (χ3v) is 4.11. The number of carbonyl (C=O) groups excluding carboxylic acids is 1. The van der Waals surface area contributed by atoms with E-state index in [0.717, 1.165) is 37.1 Å². The molecule has 6 nitrogen and oxygen atoms in total. The largest absolute Gasteiger partial charge is 0.393 e. The Morgan fingerprint density at radius 2 is 1.91 bits per heavy atom. The molecule has 2 amide bonds. The van der Waals surface area contributed by atoms with Gasteiger partial charge < -0.3 is 10.4 Å². The average molecular weight is 314 g/mol. The van der Waals surface area contributed by atoms with E-state index in [0.29, 0.717) is 5.82 Å². The van der Waals surface area contributed by atoms with Crippen LogP contribution in [-0.2, 0) is 0 Å². The molecule has 1 aromatic carbocycles. The molecule has 1 fully saturated rings. The van der Waals surface area contributed by atoms with E-state index in [1.54, 1.807) is 4.68 Å². The lowest BCUT2D eigenvalue weighted by atomic mass is 9.93. The second-order valence-electron chi connectivity index (χ2n) is 6.02. The van der Waals surface area contributed by atoms with Crippen molar-refractivity contribution in [1.29, 1.82) is 0 Å². The number of aromatic nitrogens is 2. The number of urea groups is 1. The van der Waals surface area contributed by atoms with Crippen LogP contribution in [0.2, 0.25) is 0 Å². The Labute approximate surface area is 135 Å². The quantitative estimate of drug-likeness (QED) is 0.815. The van der Waals surface area contributed by atoms with Crippen molar-refractivity contribution in [1.82, 2.24) is 15.1 Å². The first-order valence-corrected chi connectivity index (χ1v) is 7.99. The molecule has 0 aliphatic heterocycles. The number of hydrogen-bond acceptors (Lipinski definition) is 3. The lowest BCUT2D eigenvalue weighted by molar-refractivity contribution is 0.118. The molecular formula is C17H22N4O2. The summed E-state index contributed by atoms with van der Waals surface area (Å²) in [5.41, 5.74) is 1.74. The van der Waals surface area contributed by atoms with Gasteiger partial charge in [-0.15, -0.1) is 0 Å². The molecule has 3 rings (SSSR count). The van der Waals surface area contributed by atoms with E-state index in [4.69, 9.17) is 0 Å². The molecule has 0 bridgehead atoms. The summed E-state index contributed by atoms with van der Waals surface area (Å²) in [6, 6.07) is 11.4. The molecule has 0 unspecified atom stereocenters. The van der Waals surface area contributed by atoms with Crippen LogP contribution in [0.4, 0.5) is 10.6 Å². The van der Waals surface area contributed by atoms with Crippen LogP contribution >= 0.6 is 0 Å². The van der Waals surface area contributed by atoms with Crippen LogP contribution in [0.25, 0.3) is 5.69 Å². The summed E-state index contributed by atoms with van der Waals surface area (Å²) in [7, 11) is 0. The van der Waals surface area contributed by atoms with E-state index in [-0.39, 0.29) is 18.2 Å². The van der Waals surface area contributed by atoms with Crippen molar-refractivity contribution < 1.29 is 9.90 Å². The zero-order chi connectivity index (χ0) is 16.2. The molecule has 0 radical (unpaired) electrons. The molecule has 1 aromatic heterocycles. The van der Waals surface area contributed by atoms with E-state index in [1.807, 2.05) is 43.3 Å². The first-order chi connectivity index (χ1) is 11.1. The maximum absolute atomic E-state index is 12.2. The van der Waals surface area contributed by atoms with E-state index < -0.39 is 0 Å². The van der Waals surface area contributed by atoms with Gasteiger partial charge in [0, 0.05) is 12.1 Å². The fourth-order valence-electron chi connectivity index (χ4n) is 2.91. The summed E-state index contributed by atoms with van der Waals surface area (Å²) in [6.07, 6.45) is 2.88. The number of aliphatic hydroxyl groups is 1. The highest BCUT2D eigenvalue weighted by Gasteiger charge is 2.21. The summed E-state index contributed by atoms with van der Waals surface area (Å²) in [5.74, 6) is 0.641. The maximum Gasteiger partial charge on any atom is 0.320 e. The Balaban J connectivity index is 1.67. The summed E-state index contributed by atoms with van der Waals surface area (Å²) >= 11 is 0. The van der Waals surface area contributed by atoms with Gasteiger partial charge in [0.15, 0.2) is 0 Å². The third kappa shape index (κ3) is 3.90. The van der Waals surface area contributed by atoms with Gasteiger partial charge in [0.2, 0.25) is 0 Å². The van der Waals surface area contributed by atoms with Crippen LogP contribution < -0.4 is 10.6 Å². The van der Waals surface area contributed by atoms with E-state index in [9.17, 15) is 9.90 Å². The van der Waals surface area contributed by atoms with Gasteiger partial charge in [0.1, 0.15) is 5.82 Å². The van der Waals surface area contributed by atoms with Crippen molar-refractivity contribution in [2.24, 2.45) is 0 Å². The predicted octanol–water partition coefficient (Wildman–Crippen LogP) is 2.61. The molecule has 1 heterocycles. The summed E-state index contributed by atoms with van der Waals surface area (Å²) in [5, 5.41) is 19.8. The van der Waals surface area contributed by atoms with Gasteiger partial charge in [-0.3, -0.25) is 5.32 Å². The fourth-order valence-corrected chi connectivity index (χ4v) is 2.91. The van der Waals surface area contributed by atoms with Crippen molar-refractivity contribution in [3.63, 3.8) is 0 Å². The molecule has 1 aliphatic rings. The van der Waals surface area contributed by atoms with Crippen molar-refractivity contribution in [2.75, 3.05) is 5.32 Å². The molecule has 2 aromatic rings. The number of para-hydroxylation sites is 1. The van der Waals surface area contributed by atoms with Crippen molar-refractivity contribution >= 4 is 11.8 Å². The van der Waals surface area contributed by atoms with Crippen molar-refractivity contribution in [3.05, 3.63) is 42.1 Å². The first kappa shape index (κ1) is 15.6. The van der Waals surface area contributed by atoms with Gasteiger partial charge in [-0.2, -0.15) is 5.10 Å². The summed E-state index contributed by atoms with van der Waals surface area (Å²) in [4.78, 5) is 12.2. The summed E-state index contributed by atoms with van der Waals surface area (Å²) in [6.45, 7) is 1.89. The van der Waals surface area contributed by atoms with Gasteiger partial charge in [-0.25, -0.2) is 9.48 Å². The SMILES string of the molecule is Cc1cc(NC(=O)NC2CCC(O)CC2)n(-c2ccccc2)n1. The highest BCUT2D eigenvalue weighted by molar-refractivity contribution is 5.89. The molecular weight excluding hydrogens is 292 g/mol. The number of nitrogens with one attached hydrogen (secondary N) is 2. The topological polar surface area (TPSA) is 79.2 Å². The number of aliphatic hydroxyl groups excluding tert-OH is 1. The Bertz CT molecular complexity index is 660. The zero-order valence-electron chi connectivity index (χ0n) is 13.2. The van der Waals surface area contributed by atoms with Crippen LogP contribution in [0.3, 0.4) is 0 Å². The lowest BCUT2D eigenvalue weighted by Crippen LogP contribution is -2.41. The Morgan fingerprint density at radius 3 is 2.61 bits per heavy atom. The molecule has 0 atom stereocenters. The Morgan fingerprint density at radius 1 is 1.22 bits per heavy atom. The van der Waals surface area contributed by atoms with Gasteiger partial charge in [0.25, 0.3) is 0 Å². The van der Waals surface area contributed by atoms with Crippen LogP contribution in [0.1, 0.15) is 31.4 Å². The number of anilines is 1. The van der Waals surface area contributed by atoms with Gasteiger partial charge >= 0.3 is 6.03 Å². The highest BCUT2D eigenvalue weighted by atomic mass is 16.3. The number of nitrogens with zero attached hydrogens (tertiary/aromatic N) is 2. The van der Waals surface area contributed by atoms with E-state index >= 15 is 0 Å². The molecule has 1 saturated carbocycles. The van der Waals surface area contributed by atoms with Crippen molar-refractivity contribution in [2.45, 2.75) is 44.8 Å². The molecule has 0 saturated heterocycles. The van der Waals surface area contributed by atoms with E-state index in [2.05, 4.69) is 15.7 Å². The fraction of sp³-hybridized carbons (Fsp3) is 0.412. The summed E-state index contributed by atoms with van der Waals surface area (Å²) < 4.78 is 1.72. The van der Waals surface area contributed by atoms with Crippen LogP contribution in [0.15, 0.2) is 36.4 Å².